The van der Waals surface area contributed by atoms with E-state index in [1.807, 2.05) is 0 Å². The van der Waals surface area contributed by atoms with Crippen molar-refractivity contribution in [1.82, 2.24) is 0 Å². The van der Waals surface area contributed by atoms with Crippen LogP contribution in [0.4, 0.5) is 0 Å². The molecule has 10 heavy (non-hydrogen) atoms. The van der Waals surface area contributed by atoms with Gasteiger partial charge in [-0.05, 0) is 10.7 Å². The molecule has 0 aromatic heterocycles. The predicted octanol–water partition coefficient (Wildman–Crippen LogP) is -1.64. The Morgan fingerprint density at radius 2 is 1.50 bits per heavy atom. The fraction of sp³-hybridized carbons (Fsp3) is 0. The van der Waals surface area contributed by atoms with Crippen LogP contribution in [-0.4, -0.2) is 0 Å². The van der Waals surface area contributed by atoms with Gasteiger partial charge < -0.3 is 8.42 Å². The second-order valence-electron chi connectivity index (χ2n) is 1.55. The first-order chi connectivity index (χ1) is 4.30. The van der Waals surface area contributed by atoms with Crippen molar-refractivity contribution < 1.29 is 38.0 Å². The molecule has 0 spiro atoms. The minimum Gasteiger partial charge on any atom is -0.420 e. The number of hydrogen-bond donors (Lipinski definition) is 0. The Balaban J connectivity index is 0.000000810. The van der Waals surface area contributed by atoms with Gasteiger partial charge in [0.15, 0.2) is 0 Å². The molecule has 0 aliphatic heterocycles. The van der Waals surface area contributed by atoms with Gasteiger partial charge in [0.2, 0.25) is 0 Å². The molecule has 0 radical (unpaired) electrons. The summed E-state index contributed by atoms with van der Waals surface area (Å²) in [7, 11) is -2.08. The van der Waals surface area contributed by atoms with Crippen molar-refractivity contribution in [2.24, 2.45) is 0 Å². The van der Waals surface area contributed by atoms with Crippen LogP contribution >= 0.6 is 0 Å². The average molecular weight is 164 g/mol. The van der Waals surface area contributed by atoms with Crippen LogP contribution in [0.3, 0.4) is 0 Å². The minimum atomic E-state index is -2.08. The van der Waals surface area contributed by atoms with Crippen LogP contribution in [0.25, 0.3) is 0 Å². The summed E-state index contributed by atoms with van der Waals surface area (Å²) in [5.74, 6) is 0. The van der Waals surface area contributed by atoms with Crippen molar-refractivity contribution in [2.75, 3.05) is 0 Å². The van der Waals surface area contributed by atoms with E-state index >= 15 is 0 Å². The molecule has 4 heteroatoms. The molecule has 0 aliphatic carbocycles. The van der Waals surface area contributed by atoms with Gasteiger partial charge in [-0.2, -0.15) is 0 Å². The standard InChI is InChI=1S/C6H5O2S.Na/c7-9(8)6-4-2-1-3-5-6;/h1-5H;/q-1;+1. The van der Waals surface area contributed by atoms with Crippen LogP contribution in [-0.2, 0) is 19.1 Å². The summed E-state index contributed by atoms with van der Waals surface area (Å²) in [5, 5.41) is 0. The van der Waals surface area contributed by atoms with Crippen molar-refractivity contribution in [3.8, 4) is 0 Å². The Hall–Kier alpha value is 0.170. The maximum atomic E-state index is 10.2. The zero-order valence-electron chi connectivity index (χ0n) is 5.61. The molecule has 0 aliphatic rings. The van der Waals surface area contributed by atoms with Crippen molar-refractivity contribution in [2.45, 2.75) is 4.90 Å². The molecule has 0 unspecified atom stereocenters. The molecule has 0 saturated carbocycles. The zero-order chi connectivity index (χ0) is 6.69. The van der Waals surface area contributed by atoms with E-state index in [2.05, 4.69) is 0 Å². The van der Waals surface area contributed by atoms with Crippen LogP contribution in [0, 0.1) is 0 Å². The van der Waals surface area contributed by atoms with Crippen molar-refractivity contribution in [3.05, 3.63) is 30.3 Å². The molecular formula is C6H5NaO2S. The van der Waals surface area contributed by atoms with E-state index in [1.54, 1.807) is 30.3 Å². The van der Waals surface area contributed by atoms with E-state index < -0.39 is 10.7 Å². The summed E-state index contributed by atoms with van der Waals surface area (Å²) < 4.78 is 20.4. The maximum absolute atomic E-state index is 10.2. The molecule has 1 rings (SSSR count). The fourth-order valence-electron chi connectivity index (χ4n) is 0.532. The van der Waals surface area contributed by atoms with Gasteiger partial charge in [-0.1, -0.05) is 35.2 Å². The van der Waals surface area contributed by atoms with Gasteiger partial charge in [0, 0.05) is 0 Å². The van der Waals surface area contributed by atoms with Crippen LogP contribution in [0.5, 0.6) is 0 Å². The molecule has 0 N–H and O–H groups in total. The van der Waals surface area contributed by atoms with Gasteiger partial charge in [-0.3, -0.25) is 0 Å². The van der Waals surface area contributed by atoms with Crippen LogP contribution in [0.1, 0.15) is 0 Å². The van der Waals surface area contributed by atoms with Crippen LogP contribution in [0.15, 0.2) is 35.2 Å². The summed E-state index contributed by atoms with van der Waals surface area (Å²) in [6.45, 7) is 0. The Morgan fingerprint density at radius 1 is 1.00 bits per heavy atom. The Labute approximate surface area is 83.5 Å². The second-order valence-corrected chi connectivity index (χ2v) is 2.49. The quantitative estimate of drug-likeness (QED) is 0.368. The van der Waals surface area contributed by atoms with E-state index in [4.69, 9.17) is 0 Å². The third kappa shape index (κ3) is 2.84. The number of rotatable bonds is 1. The van der Waals surface area contributed by atoms with E-state index in [0.29, 0.717) is 4.90 Å². The van der Waals surface area contributed by atoms with Gasteiger partial charge in [-0.25, -0.2) is 0 Å². The van der Waals surface area contributed by atoms with Gasteiger partial charge in [-0.15, -0.1) is 0 Å². The first-order valence-corrected chi connectivity index (χ1v) is 3.52. The normalized spacial score (nSPS) is 8.90. The Kier molecular flexibility index (Phi) is 4.99. The van der Waals surface area contributed by atoms with Gasteiger partial charge in [0.1, 0.15) is 0 Å². The topological polar surface area (TPSA) is 34.1 Å². The SMILES string of the molecule is O=[S-](=O)c1ccccc1.[Na+]. The van der Waals surface area contributed by atoms with E-state index in [-0.39, 0.29) is 29.6 Å². The smallest absolute Gasteiger partial charge is 0.420 e. The van der Waals surface area contributed by atoms with Crippen molar-refractivity contribution in [3.63, 3.8) is 0 Å². The number of hydrogen-bond acceptors (Lipinski definition) is 3. The first kappa shape index (κ1) is 10.2. The van der Waals surface area contributed by atoms with E-state index in [9.17, 15) is 8.42 Å². The molecule has 48 valence electrons. The minimum absolute atomic E-state index is 0. The molecule has 2 nitrogen and oxygen atoms in total. The summed E-state index contributed by atoms with van der Waals surface area (Å²) in [6.07, 6.45) is 0. The fourth-order valence-corrected chi connectivity index (χ4v) is 0.911. The third-order valence-electron chi connectivity index (χ3n) is 0.936. The molecule has 1 aromatic rings. The van der Waals surface area contributed by atoms with Gasteiger partial charge in [0.25, 0.3) is 0 Å². The summed E-state index contributed by atoms with van der Waals surface area (Å²) in [4.78, 5) is 0.331. The maximum Gasteiger partial charge on any atom is 1.00 e. The van der Waals surface area contributed by atoms with Gasteiger partial charge in [0.05, 0.1) is 0 Å². The largest absolute Gasteiger partial charge is 1.00 e. The van der Waals surface area contributed by atoms with Crippen LogP contribution < -0.4 is 29.6 Å². The first-order valence-electron chi connectivity index (χ1n) is 2.45. The van der Waals surface area contributed by atoms with Crippen LogP contribution in [0.2, 0.25) is 0 Å². The zero-order valence-corrected chi connectivity index (χ0v) is 8.43. The molecule has 0 heterocycles. The Bertz CT molecular complexity index is 248. The summed E-state index contributed by atoms with van der Waals surface area (Å²) in [5.41, 5.74) is 0. The molecular weight excluding hydrogens is 159 g/mol. The molecule has 0 saturated heterocycles. The third-order valence-corrected chi connectivity index (χ3v) is 1.59. The van der Waals surface area contributed by atoms with Gasteiger partial charge >= 0.3 is 29.6 Å². The molecule has 0 atom stereocenters. The monoisotopic (exact) mass is 164 g/mol. The second kappa shape index (κ2) is 4.91. The van der Waals surface area contributed by atoms with Crippen molar-refractivity contribution >= 4 is 10.7 Å². The Morgan fingerprint density at radius 3 is 1.80 bits per heavy atom. The molecule has 1 aromatic carbocycles. The van der Waals surface area contributed by atoms with E-state index in [0.717, 1.165) is 0 Å². The molecule has 0 amide bonds. The van der Waals surface area contributed by atoms with E-state index in [1.165, 1.54) is 0 Å². The number of benzene rings is 1. The summed E-state index contributed by atoms with van der Waals surface area (Å²) in [6, 6.07) is 8.23. The molecule has 0 bridgehead atoms. The average Bonchev–Trinajstić information content (AvgIpc) is 1.90. The predicted molar refractivity (Wildman–Crippen MR) is 33.4 cm³/mol. The van der Waals surface area contributed by atoms with Crippen molar-refractivity contribution in [1.29, 1.82) is 0 Å². The molecule has 0 fully saturated rings. The summed E-state index contributed by atoms with van der Waals surface area (Å²) >= 11 is 0.